The Hall–Kier alpha value is -1.32. The molecule has 2 heterocycles. The lowest BCUT2D eigenvalue weighted by Crippen LogP contribution is -2.37. The van der Waals surface area contributed by atoms with Gasteiger partial charge >= 0.3 is 0 Å². The van der Waals surface area contributed by atoms with Gasteiger partial charge in [-0.15, -0.1) is 0 Å². The van der Waals surface area contributed by atoms with Crippen molar-refractivity contribution in [3.63, 3.8) is 0 Å². The fraction of sp³-hybridized carbons (Fsp3) is 0.600. The first-order valence-corrected chi connectivity index (χ1v) is 5.01. The van der Waals surface area contributed by atoms with E-state index in [0.29, 0.717) is 6.54 Å². The standard InChI is InChI=1S/C10H15N3O/c1-3-9-6-11-10-7-12(8(2)14)4-5-13(9)10/h6H,3-5,7H2,1-2H3. The number of rotatable bonds is 1. The van der Waals surface area contributed by atoms with Crippen molar-refractivity contribution in [1.82, 2.24) is 14.5 Å². The van der Waals surface area contributed by atoms with Crippen molar-refractivity contribution >= 4 is 5.91 Å². The van der Waals surface area contributed by atoms with Gasteiger partial charge in [0.05, 0.1) is 6.54 Å². The van der Waals surface area contributed by atoms with Gasteiger partial charge in [-0.2, -0.15) is 0 Å². The number of nitrogens with zero attached hydrogens (tertiary/aromatic N) is 3. The van der Waals surface area contributed by atoms with Crippen molar-refractivity contribution in [3.05, 3.63) is 17.7 Å². The van der Waals surface area contributed by atoms with Gasteiger partial charge in [-0.1, -0.05) is 6.92 Å². The summed E-state index contributed by atoms with van der Waals surface area (Å²) in [5.41, 5.74) is 1.27. The predicted octanol–water partition coefficient (Wildman–Crippen LogP) is 0.808. The summed E-state index contributed by atoms with van der Waals surface area (Å²) in [4.78, 5) is 17.3. The number of imidazole rings is 1. The van der Waals surface area contributed by atoms with Crippen LogP contribution in [0.4, 0.5) is 0 Å². The van der Waals surface area contributed by atoms with Gasteiger partial charge < -0.3 is 9.47 Å². The number of amides is 1. The molecule has 0 saturated heterocycles. The van der Waals surface area contributed by atoms with Crippen LogP contribution in [-0.2, 0) is 24.3 Å². The van der Waals surface area contributed by atoms with E-state index in [9.17, 15) is 4.79 Å². The van der Waals surface area contributed by atoms with Crippen LogP contribution in [0.3, 0.4) is 0 Å². The highest BCUT2D eigenvalue weighted by atomic mass is 16.2. The number of carbonyl (C=O) groups excluding carboxylic acids is 1. The molecular weight excluding hydrogens is 178 g/mol. The van der Waals surface area contributed by atoms with Crippen molar-refractivity contribution in [2.75, 3.05) is 6.54 Å². The maximum absolute atomic E-state index is 11.2. The highest BCUT2D eigenvalue weighted by Crippen LogP contribution is 2.14. The van der Waals surface area contributed by atoms with Gasteiger partial charge in [-0.3, -0.25) is 4.79 Å². The summed E-state index contributed by atoms with van der Waals surface area (Å²) in [7, 11) is 0. The topological polar surface area (TPSA) is 38.1 Å². The smallest absolute Gasteiger partial charge is 0.219 e. The second-order valence-corrected chi connectivity index (χ2v) is 3.61. The Morgan fingerprint density at radius 1 is 1.57 bits per heavy atom. The van der Waals surface area contributed by atoms with Gasteiger partial charge in [0.15, 0.2) is 0 Å². The van der Waals surface area contributed by atoms with Crippen LogP contribution >= 0.6 is 0 Å². The molecule has 14 heavy (non-hydrogen) atoms. The van der Waals surface area contributed by atoms with Crippen LogP contribution in [-0.4, -0.2) is 26.9 Å². The molecule has 0 aromatic carbocycles. The van der Waals surface area contributed by atoms with Crippen LogP contribution in [0.2, 0.25) is 0 Å². The number of fused-ring (bicyclic) bond motifs is 1. The highest BCUT2D eigenvalue weighted by Gasteiger charge is 2.20. The van der Waals surface area contributed by atoms with Gasteiger partial charge in [-0.25, -0.2) is 4.98 Å². The van der Waals surface area contributed by atoms with Gasteiger partial charge in [0.1, 0.15) is 5.82 Å². The first-order valence-electron chi connectivity index (χ1n) is 5.01. The monoisotopic (exact) mass is 193 g/mol. The lowest BCUT2D eigenvalue weighted by molar-refractivity contribution is -0.130. The van der Waals surface area contributed by atoms with Crippen LogP contribution in [0.5, 0.6) is 0 Å². The van der Waals surface area contributed by atoms with Gasteiger partial charge in [-0.05, 0) is 6.42 Å². The SMILES string of the molecule is CCc1cnc2n1CCN(C(C)=O)C2. The molecule has 1 aliphatic rings. The molecule has 0 radical (unpaired) electrons. The van der Waals surface area contributed by atoms with E-state index < -0.39 is 0 Å². The molecular formula is C10H15N3O. The van der Waals surface area contributed by atoms with E-state index in [-0.39, 0.29) is 5.91 Å². The summed E-state index contributed by atoms with van der Waals surface area (Å²) in [5, 5.41) is 0. The zero-order valence-corrected chi connectivity index (χ0v) is 8.66. The van der Waals surface area contributed by atoms with E-state index in [1.165, 1.54) is 5.69 Å². The number of hydrogen-bond acceptors (Lipinski definition) is 2. The summed E-state index contributed by atoms with van der Waals surface area (Å²) in [5.74, 6) is 1.15. The van der Waals surface area contributed by atoms with E-state index in [2.05, 4.69) is 16.5 Å². The van der Waals surface area contributed by atoms with Crippen LogP contribution < -0.4 is 0 Å². The van der Waals surface area contributed by atoms with Gasteiger partial charge in [0.25, 0.3) is 0 Å². The number of aromatic nitrogens is 2. The van der Waals surface area contributed by atoms with Crippen LogP contribution in [0, 0.1) is 0 Å². The number of hydrogen-bond donors (Lipinski definition) is 0. The summed E-state index contributed by atoms with van der Waals surface area (Å²) in [6, 6.07) is 0. The summed E-state index contributed by atoms with van der Waals surface area (Å²) < 4.78 is 2.22. The minimum absolute atomic E-state index is 0.136. The third-order valence-corrected chi connectivity index (χ3v) is 2.75. The van der Waals surface area contributed by atoms with Crippen LogP contribution in [0.25, 0.3) is 0 Å². The Labute approximate surface area is 83.5 Å². The lowest BCUT2D eigenvalue weighted by atomic mass is 10.3. The molecule has 1 aromatic rings. The highest BCUT2D eigenvalue weighted by molar-refractivity contribution is 5.73. The van der Waals surface area contributed by atoms with E-state index >= 15 is 0 Å². The molecule has 1 aliphatic heterocycles. The molecule has 2 rings (SSSR count). The Kier molecular flexibility index (Phi) is 2.27. The summed E-state index contributed by atoms with van der Waals surface area (Å²) in [6.45, 7) is 6.10. The molecule has 1 amide bonds. The molecule has 0 atom stereocenters. The Bertz CT molecular complexity index is 356. The second-order valence-electron chi connectivity index (χ2n) is 3.61. The van der Waals surface area contributed by atoms with Crippen LogP contribution in [0.1, 0.15) is 25.4 Å². The van der Waals surface area contributed by atoms with E-state index in [4.69, 9.17) is 0 Å². The average Bonchev–Trinajstić information content (AvgIpc) is 2.59. The van der Waals surface area contributed by atoms with Gasteiger partial charge in [0.2, 0.25) is 5.91 Å². The molecule has 1 aromatic heterocycles. The quantitative estimate of drug-likeness (QED) is 0.662. The third kappa shape index (κ3) is 1.41. The Balaban J connectivity index is 2.24. The zero-order valence-electron chi connectivity index (χ0n) is 8.66. The van der Waals surface area contributed by atoms with Crippen molar-refractivity contribution in [2.24, 2.45) is 0 Å². The number of carbonyl (C=O) groups is 1. The molecule has 0 aliphatic carbocycles. The largest absolute Gasteiger partial charge is 0.334 e. The van der Waals surface area contributed by atoms with Crippen molar-refractivity contribution in [1.29, 1.82) is 0 Å². The minimum atomic E-state index is 0.136. The molecule has 76 valence electrons. The van der Waals surface area contributed by atoms with Gasteiger partial charge in [0, 0.05) is 31.9 Å². The molecule has 4 heteroatoms. The van der Waals surface area contributed by atoms with Crippen molar-refractivity contribution in [3.8, 4) is 0 Å². The molecule has 0 spiro atoms. The fourth-order valence-electron chi connectivity index (χ4n) is 1.87. The first kappa shape index (κ1) is 9.24. The third-order valence-electron chi connectivity index (χ3n) is 2.75. The van der Waals surface area contributed by atoms with E-state index in [1.807, 2.05) is 11.1 Å². The molecule has 0 fully saturated rings. The zero-order chi connectivity index (χ0) is 10.1. The fourth-order valence-corrected chi connectivity index (χ4v) is 1.87. The molecule has 0 saturated carbocycles. The molecule has 0 bridgehead atoms. The first-order chi connectivity index (χ1) is 6.72. The maximum atomic E-state index is 11.2. The summed E-state index contributed by atoms with van der Waals surface area (Å²) in [6.07, 6.45) is 2.92. The normalized spacial score (nSPS) is 15.4. The molecule has 0 N–H and O–H groups in total. The Morgan fingerprint density at radius 2 is 2.36 bits per heavy atom. The number of aryl methyl sites for hydroxylation is 1. The predicted molar refractivity (Wildman–Crippen MR) is 52.7 cm³/mol. The average molecular weight is 193 g/mol. The van der Waals surface area contributed by atoms with E-state index in [0.717, 1.165) is 25.3 Å². The second kappa shape index (κ2) is 3.44. The van der Waals surface area contributed by atoms with E-state index in [1.54, 1.807) is 6.92 Å². The molecule has 4 nitrogen and oxygen atoms in total. The van der Waals surface area contributed by atoms with Crippen molar-refractivity contribution in [2.45, 2.75) is 33.4 Å². The maximum Gasteiger partial charge on any atom is 0.219 e. The minimum Gasteiger partial charge on any atom is -0.334 e. The Morgan fingerprint density at radius 3 is 3.00 bits per heavy atom. The van der Waals surface area contributed by atoms with Crippen molar-refractivity contribution < 1.29 is 4.79 Å². The summed E-state index contributed by atoms with van der Waals surface area (Å²) >= 11 is 0. The molecule has 0 unspecified atom stereocenters. The lowest BCUT2D eigenvalue weighted by Gasteiger charge is -2.27. The van der Waals surface area contributed by atoms with Crippen LogP contribution in [0.15, 0.2) is 6.20 Å².